The van der Waals surface area contributed by atoms with E-state index < -0.39 is 0 Å². The summed E-state index contributed by atoms with van der Waals surface area (Å²) in [5.74, 6) is 2.88. The van der Waals surface area contributed by atoms with E-state index in [2.05, 4.69) is 48.5 Å². The number of hydrogen-bond donors (Lipinski definition) is 0. The van der Waals surface area contributed by atoms with Crippen LogP contribution in [0.1, 0.15) is 138 Å². The van der Waals surface area contributed by atoms with Crippen LogP contribution in [0.25, 0.3) is 0 Å². The molecule has 0 aromatic rings. The van der Waals surface area contributed by atoms with E-state index in [0.717, 1.165) is 17.8 Å². The van der Waals surface area contributed by atoms with Crippen LogP contribution < -0.4 is 0 Å². The first-order valence-electron chi connectivity index (χ1n) is 11.9. The average molecular weight is 353 g/mol. The van der Waals surface area contributed by atoms with Gasteiger partial charge in [0, 0.05) is 0 Å². The quantitative estimate of drug-likeness (QED) is 0.229. The van der Waals surface area contributed by atoms with Gasteiger partial charge in [-0.2, -0.15) is 0 Å². The lowest BCUT2D eigenvalue weighted by molar-refractivity contribution is 0.149. The zero-order valence-corrected chi connectivity index (χ0v) is 19.1. The third kappa shape index (κ3) is 12.1. The molecule has 0 rings (SSSR count). The van der Waals surface area contributed by atoms with Gasteiger partial charge in [-0.15, -0.1) is 0 Å². The number of unbranched alkanes of at least 4 members (excludes halogenated alkanes) is 5. The molecule has 0 saturated carbocycles. The highest BCUT2D eigenvalue weighted by Crippen LogP contribution is 2.40. The maximum Gasteiger partial charge on any atom is -0.0354 e. The van der Waals surface area contributed by atoms with Crippen LogP contribution in [0.2, 0.25) is 0 Å². The third-order valence-electron chi connectivity index (χ3n) is 6.84. The molecule has 0 aromatic heterocycles. The van der Waals surface area contributed by atoms with Crippen molar-refractivity contribution in [3.8, 4) is 0 Å². The summed E-state index contributed by atoms with van der Waals surface area (Å²) >= 11 is 0. The normalized spacial score (nSPS) is 14.9. The van der Waals surface area contributed by atoms with Gasteiger partial charge in [0.05, 0.1) is 0 Å². The highest BCUT2D eigenvalue weighted by Gasteiger charge is 2.29. The minimum atomic E-state index is 0.517. The molecule has 0 aliphatic rings. The molecule has 0 fully saturated rings. The second-order valence-electron chi connectivity index (χ2n) is 9.51. The van der Waals surface area contributed by atoms with E-state index >= 15 is 0 Å². The molecule has 152 valence electrons. The van der Waals surface area contributed by atoms with Gasteiger partial charge in [-0.25, -0.2) is 0 Å². The molecule has 0 nitrogen and oxygen atoms in total. The summed E-state index contributed by atoms with van der Waals surface area (Å²) < 4.78 is 0. The standard InChI is InChI=1S/C25H52/c1-8-13-15-17-19-23(18-16-14-9-2)24(20-22(10-3)11-4)21-25(6,7)12-5/h22-24H,8-21H2,1-7H3. The van der Waals surface area contributed by atoms with Crippen molar-refractivity contribution in [2.45, 2.75) is 138 Å². The Balaban J connectivity index is 5.01. The minimum Gasteiger partial charge on any atom is -0.0654 e. The van der Waals surface area contributed by atoms with Gasteiger partial charge >= 0.3 is 0 Å². The Bertz CT molecular complexity index is 274. The highest BCUT2D eigenvalue weighted by atomic mass is 14.3. The molecule has 2 unspecified atom stereocenters. The largest absolute Gasteiger partial charge is 0.0654 e. The van der Waals surface area contributed by atoms with Crippen LogP contribution in [0.4, 0.5) is 0 Å². The molecule has 0 N–H and O–H groups in total. The topological polar surface area (TPSA) is 0 Å². The second-order valence-corrected chi connectivity index (χ2v) is 9.51. The van der Waals surface area contributed by atoms with Crippen LogP contribution in [-0.4, -0.2) is 0 Å². The van der Waals surface area contributed by atoms with Gasteiger partial charge in [-0.05, 0) is 36.0 Å². The molecule has 0 spiro atoms. The fourth-order valence-corrected chi connectivity index (χ4v) is 4.45. The van der Waals surface area contributed by atoms with Gasteiger partial charge in [0.1, 0.15) is 0 Å². The average Bonchev–Trinajstić information content (AvgIpc) is 2.60. The van der Waals surface area contributed by atoms with Crippen molar-refractivity contribution in [2.24, 2.45) is 23.2 Å². The molecular formula is C25H52. The van der Waals surface area contributed by atoms with Gasteiger partial charge in [0.15, 0.2) is 0 Å². The van der Waals surface area contributed by atoms with E-state index in [1.807, 2.05) is 0 Å². The summed E-state index contributed by atoms with van der Waals surface area (Å²) in [6, 6.07) is 0. The van der Waals surface area contributed by atoms with Crippen LogP contribution in [0.15, 0.2) is 0 Å². The van der Waals surface area contributed by atoms with E-state index in [1.54, 1.807) is 0 Å². The van der Waals surface area contributed by atoms with Gasteiger partial charge in [0.2, 0.25) is 0 Å². The lowest BCUT2D eigenvalue weighted by Gasteiger charge is -2.36. The zero-order valence-electron chi connectivity index (χ0n) is 19.1. The summed E-state index contributed by atoms with van der Waals surface area (Å²) in [6.07, 6.45) is 20.0. The predicted molar refractivity (Wildman–Crippen MR) is 117 cm³/mol. The number of hydrogen-bond acceptors (Lipinski definition) is 0. The van der Waals surface area contributed by atoms with Crippen molar-refractivity contribution in [3.63, 3.8) is 0 Å². The monoisotopic (exact) mass is 352 g/mol. The maximum absolute atomic E-state index is 2.51. The maximum atomic E-state index is 2.51. The fourth-order valence-electron chi connectivity index (χ4n) is 4.45. The summed E-state index contributed by atoms with van der Waals surface area (Å²) in [6.45, 7) is 16.9. The predicted octanol–water partition coefficient (Wildman–Crippen LogP) is 9.42. The van der Waals surface area contributed by atoms with Gasteiger partial charge in [-0.3, -0.25) is 0 Å². The summed E-state index contributed by atoms with van der Waals surface area (Å²) in [7, 11) is 0. The van der Waals surface area contributed by atoms with Crippen LogP contribution in [0.3, 0.4) is 0 Å². The van der Waals surface area contributed by atoms with Crippen molar-refractivity contribution < 1.29 is 0 Å². The number of rotatable bonds is 17. The molecule has 2 atom stereocenters. The zero-order chi connectivity index (χ0) is 19.1. The van der Waals surface area contributed by atoms with Crippen molar-refractivity contribution in [2.75, 3.05) is 0 Å². The van der Waals surface area contributed by atoms with Crippen LogP contribution in [-0.2, 0) is 0 Å². The minimum absolute atomic E-state index is 0.517. The van der Waals surface area contributed by atoms with Crippen LogP contribution in [0.5, 0.6) is 0 Å². The van der Waals surface area contributed by atoms with Crippen molar-refractivity contribution in [1.29, 1.82) is 0 Å². The molecule has 0 aliphatic heterocycles. The smallest absolute Gasteiger partial charge is 0.0354 e. The molecule has 0 heteroatoms. The first kappa shape index (κ1) is 25.0. The SMILES string of the molecule is CCCCCCC(CCCCC)C(CC(CC)CC)CC(C)(C)CC. The van der Waals surface area contributed by atoms with E-state index in [0.29, 0.717) is 5.41 Å². The molecule has 0 radical (unpaired) electrons. The molecular weight excluding hydrogens is 300 g/mol. The molecule has 0 aliphatic carbocycles. The van der Waals surface area contributed by atoms with Crippen molar-refractivity contribution in [1.82, 2.24) is 0 Å². The molecule has 25 heavy (non-hydrogen) atoms. The van der Waals surface area contributed by atoms with Gasteiger partial charge in [-0.1, -0.05) is 126 Å². The third-order valence-corrected chi connectivity index (χ3v) is 6.84. The summed E-state index contributed by atoms with van der Waals surface area (Å²) in [5.41, 5.74) is 0.517. The molecule has 0 bridgehead atoms. The Kier molecular flexibility index (Phi) is 15.1. The lowest BCUT2D eigenvalue weighted by Crippen LogP contribution is -2.25. The van der Waals surface area contributed by atoms with Gasteiger partial charge in [0.25, 0.3) is 0 Å². The molecule has 0 aromatic carbocycles. The lowest BCUT2D eigenvalue weighted by atomic mass is 9.69. The van der Waals surface area contributed by atoms with E-state index in [9.17, 15) is 0 Å². The Morgan fingerprint density at radius 3 is 1.64 bits per heavy atom. The Labute approximate surface area is 161 Å². The summed E-state index contributed by atoms with van der Waals surface area (Å²) in [4.78, 5) is 0. The van der Waals surface area contributed by atoms with Crippen LogP contribution >= 0.6 is 0 Å². The van der Waals surface area contributed by atoms with Crippen molar-refractivity contribution in [3.05, 3.63) is 0 Å². The van der Waals surface area contributed by atoms with E-state index in [4.69, 9.17) is 0 Å². The Morgan fingerprint density at radius 1 is 0.640 bits per heavy atom. The fraction of sp³-hybridized carbons (Fsp3) is 1.00. The summed E-state index contributed by atoms with van der Waals surface area (Å²) in [5, 5.41) is 0. The highest BCUT2D eigenvalue weighted by molar-refractivity contribution is 4.80. The Morgan fingerprint density at radius 2 is 1.16 bits per heavy atom. The second kappa shape index (κ2) is 15.1. The van der Waals surface area contributed by atoms with E-state index in [1.165, 1.54) is 89.9 Å². The van der Waals surface area contributed by atoms with Crippen molar-refractivity contribution >= 4 is 0 Å². The molecule has 0 saturated heterocycles. The Hall–Kier alpha value is 0. The first-order chi connectivity index (χ1) is 11.9. The first-order valence-corrected chi connectivity index (χ1v) is 11.9. The van der Waals surface area contributed by atoms with E-state index in [-0.39, 0.29) is 0 Å². The molecule has 0 amide bonds. The van der Waals surface area contributed by atoms with Gasteiger partial charge < -0.3 is 0 Å². The molecule has 0 heterocycles. The van der Waals surface area contributed by atoms with Crippen LogP contribution in [0, 0.1) is 23.2 Å².